The largest absolute Gasteiger partial charge is 0.362 e. The van der Waals surface area contributed by atoms with Gasteiger partial charge >= 0.3 is 6.03 Å². The van der Waals surface area contributed by atoms with Crippen LogP contribution in [0.3, 0.4) is 0 Å². The molecule has 4 fully saturated rings. The Morgan fingerprint density at radius 3 is 1.61 bits per heavy atom. The lowest BCUT2D eigenvalue weighted by Crippen LogP contribution is -2.56. The zero-order valence-electron chi connectivity index (χ0n) is 49.1. The third-order valence-electron chi connectivity index (χ3n) is 18.1. The average molecular weight is 1180 g/mol. The van der Waals surface area contributed by atoms with Gasteiger partial charge in [0.1, 0.15) is 23.7 Å². The fourth-order valence-corrected chi connectivity index (χ4v) is 14.0. The lowest BCUT2D eigenvalue weighted by Gasteiger charge is -2.47. The second kappa shape index (κ2) is 32.7. The minimum atomic E-state index is -0.694. The number of thiocarbonyl (C=S) groups is 1. The molecule has 18 heteroatoms. The number of nitrogens with one attached hydrogen (secondary N) is 5. The maximum absolute atomic E-state index is 13.9. The molecule has 2 saturated heterocycles. The maximum Gasteiger partial charge on any atom is 0.315 e. The summed E-state index contributed by atoms with van der Waals surface area (Å²) in [6.45, 7) is 7.67. The number of rotatable bonds is 25. The quantitative estimate of drug-likeness (QED) is 0.0316. The van der Waals surface area contributed by atoms with Crippen LogP contribution in [0.1, 0.15) is 171 Å². The average Bonchev–Trinajstić information content (AvgIpc) is 3.83. The molecule has 82 heavy (non-hydrogen) atoms. The molecule has 15 nitrogen and oxygen atoms in total. The number of nitrogens with zero attached hydrogens (tertiary/aromatic N) is 5. The second-order valence-corrected chi connectivity index (χ2v) is 25.0. The Labute approximate surface area is 503 Å². The Hall–Kier alpha value is -5.32. The molecular weight excluding hydrogens is 1090 g/mol. The number of hydrogen-bond acceptors (Lipinski definition) is 8. The number of carbonyl (C=O) groups excluding carboxylic acids is 5. The van der Waals surface area contributed by atoms with Crippen molar-refractivity contribution in [2.24, 2.45) is 29.7 Å². The highest BCUT2D eigenvalue weighted by Crippen LogP contribution is 2.49. The Kier molecular flexibility index (Phi) is 25.6. The zero-order valence-corrected chi connectivity index (χ0v) is 51.4. The number of piperidine rings is 2. The van der Waals surface area contributed by atoms with Crippen molar-refractivity contribution in [3.63, 3.8) is 0 Å². The number of ketones is 2. The highest BCUT2D eigenvalue weighted by atomic mass is 35.5. The first-order valence-electron chi connectivity index (χ1n) is 30.9. The molecule has 2 aliphatic heterocycles. The Bertz CT molecular complexity index is 2620. The van der Waals surface area contributed by atoms with Crippen LogP contribution in [-0.4, -0.2) is 115 Å². The van der Waals surface area contributed by atoms with Crippen molar-refractivity contribution in [2.45, 2.75) is 186 Å². The lowest BCUT2D eigenvalue weighted by atomic mass is 9.61. The number of likely N-dealkylation sites (tertiary alicyclic amines) is 2. The fraction of sp³-hybridized carbons (Fsp3) is 0.625. The molecule has 0 bridgehead atoms. The third-order valence-corrected chi connectivity index (χ3v) is 18.8. The van der Waals surface area contributed by atoms with E-state index in [1.165, 1.54) is 38.5 Å². The van der Waals surface area contributed by atoms with Crippen LogP contribution in [-0.2, 0) is 51.9 Å². The Balaban J connectivity index is 0.000000236. The third kappa shape index (κ3) is 18.6. The van der Waals surface area contributed by atoms with E-state index in [4.69, 9.17) is 35.4 Å². The summed E-state index contributed by atoms with van der Waals surface area (Å²) in [5, 5.41) is 14.2. The minimum Gasteiger partial charge on any atom is -0.362 e. The normalized spacial score (nSPS) is 18.1. The highest BCUT2D eigenvalue weighted by molar-refractivity contribution is 7.80. The summed E-state index contributed by atoms with van der Waals surface area (Å²) in [7, 11) is 1.95. The highest BCUT2D eigenvalue weighted by Gasteiger charge is 2.49. The number of aryl methyl sites for hydroxylation is 2. The van der Waals surface area contributed by atoms with Crippen molar-refractivity contribution in [3.8, 4) is 0 Å². The van der Waals surface area contributed by atoms with Gasteiger partial charge in [0.2, 0.25) is 11.8 Å². The van der Waals surface area contributed by atoms with Crippen molar-refractivity contribution in [1.29, 1.82) is 0 Å². The van der Waals surface area contributed by atoms with Gasteiger partial charge in [-0.15, -0.1) is 0 Å². The predicted octanol–water partition coefficient (Wildman–Crippen LogP) is 11.5. The van der Waals surface area contributed by atoms with Gasteiger partial charge < -0.3 is 40.6 Å². The van der Waals surface area contributed by atoms with E-state index < -0.39 is 12.1 Å². The first-order chi connectivity index (χ1) is 39.7. The van der Waals surface area contributed by atoms with Gasteiger partial charge in [0.15, 0.2) is 5.11 Å². The van der Waals surface area contributed by atoms with Crippen LogP contribution in [0.2, 0.25) is 10.0 Å². The summed E-state index contributed by atoms with van der Waals surface area (Å²) in [4.78, 5) is 83.0. The molecule has 5 N–H and O–H groups in total. The second-order valence-electron chi connectivity index (χ2n) is 23.7. The fourth-order valence-electron chi connectivity index (χ4n) is 13.5. The Morgan fingerprint density at radius 2 is 1.16 bits per heavy atom. The number of Topliss-reactive ketones (excluding diaryl/α,β-unsaturated/α-hetero) is 2. The van der Waals surface area contributed by atoms with Crippen molar-refractivity contribution in [1.82, 2.24) is 50.6 Å². The van der Waals surface area contributed by atoms with Crippen LogP contribution in [0.4, 0.5) is 4.79 Å². The maximum atomic E-state index is 13.9. The summed E-state index contributed by atoms with van der Waals surface area (Å²) in [5.74, 6) is 1.64. The summed E-state index contributed by atoms with van der Waals surface area (Å²) >= 11 is 17.8. The first-order valence-corrected chi connectivity index (χ1v) is 32.0. The van der Waals surface area contributed by atoms with Gasteiger partial charge in [0.05, 0.1) is 18.3 Å². The Morgan fingerprint density at radius 1 is 0.659 bits per heavy atom. The van der Waals surface area contributed by atoms with Gasteiger partial charge in [-0.2, -0.15) is 0 Å². The van der Waals surface area contributed by atoms with Crippen molar-refractivity contribution in [2.75, 3.05) is 39.3 Å². The smallest absolute Gasteiger partial charge is 0.315 e. The first kappa shape index (κ1) is 64.2. The van der Waals surface area contributed by atoms with E-state index in [9.17, 15) is 24.0 Å². The standard InChI is InChI=1S/C33H48ClN5O3.C31H44ClN5O2S/c1-2-9-30(40)33(26-10-5-3-6-11-26)17-20-39(21-18-33)31(41)29(22-25-13-15-27(34)16-14-25)38-32(42)36-19-8-4-7-12-28-23-35-24-37-28;1-3-7-28(38)31(24-8-5-4-6-9-24)15-18-37(19-16-31)29(39)27(20-23-10-12-25(32)13-11-23)35-30(40)33-17-14-26-21-36(2)22-34-26/h13-16,23-24,26,29H,2-12,17-22H2,1H3,(H,35,37)(H2,36,38,42);10-13,21-22,24,27H,3-9,14-20H2,1-2H3,(H2,33,35,40)/t29-;27-/m11/s1. The lowest BCUT2D eigenvalue weighted by molar-refractivity contribution is -0.144. The number of imidazole rings is 2. The molecule has 8 rings (SSSR count). The van der Waals surface area contributed by atoms with Crippen molar-refractivity contribution in [3.05, 3.63) is 106 Å². The van der Waals surface area contributed by atoms with E-state index in [1.54, 1.807) is 24.8 Å². The molecule has 4 aromatic rings. The number of H-pyrrole nitrogens is 1. The summed E-state index contributed by atoms with van der Waals surface area (Å²) in [6, 6.07) is 13.5. The molecular formula is C64H92Cl2N10O5S. The molecule has 0 radical (unpaired) electrons. The van der Waals surface area contributed by atoms with E-state index >= 15 is 0 Å². The number of hydrogen-bond donors (Lipinski definition) is 5. The van der Waals surface area contributed by atoms with E-state index in [2.05, 4.69) is 50.1 Å². The predicted molar refractivity (Wildman–Crippen MR) is 331 cm³/mol. The van der Waals surface area contributed by atoms with Crippen LogP contribution < -0.4 is 21.3 Å². The van der Waals surface area contributed by atoms with Gasteiger partial charge in [0, 0.05) is 117 Å². The van der Waals surface area contributed by atoms with Gasteiger partial charge in [-0.3, -0.25) is 19.2 Å². The molecule has 0 spiro atoms. The number of amides is 4. The molecule has 2 aromatic heterocycles. The number of unbranched alkanes of at least 4 members (excludes halogenated alkanes) is 2. The number of aromatic nitrogens is 4. The summed E-state index contributed by atoms with van der Waals surface area (Å²) in [6.07, 6.45) is 30.6. The molecule has 4 aliphatic rings. The topological polar surface area (TPSA) is 186 Å². The van der Waals surface area contributed by atoms with Crippen LogP contribution in [0.5, 0.6) is 0 Å². The zero-order chi connectivity index (χ0) is 58.3. The van der Waals surface area contributed by atoms with Crippen molar-refractivity contribution >= 4 is 69.9 Å². The summed E-state index contributed by atoms with van der Waals surface area (Å²) < 4.78 is 1.92. The van der Waals surface area contributed by atoms with Crippen LogP contribution in [0, 0.1) is 22.7 Å². The van der Waals surface area contributed by atoms with Gasteiger partial charge in [-0.25, -0.2) is 14.8 Å². The van der Waals surface area contributed by atoms with Crippen LogP contribution in [0.25, 0.3) is 0 Å². The van der Waals surface area contributed by atoms with Crippen LogP contribution in [0.15, 0.2) is 73.6 Å². The SMILES string of the molecule is CCCC(=O)C1(C2CCCCC2)CCN(C(=O)[C@@H](Cc2ccc(Cl)cc2)NC(=O)NCCCCCc2cnc[nH]2)CC1.CCCC(=O)C1(C2CCCCC2)CCN(C(=O)[C@@H](Cc2ccc(Cl)cc2)NC(=S)NCCc2cn(C)cn2)CC1. The van der Waals surface area contributed by atoms with E-state index in [0.29, 0.717) is 104 Å². The molecule has 0 unspecified atom stereocenters. The molecule has 4 heterocycles. The number of aromatic amines is 1. The molecule has 2 atom stereocenters. The van der Waals surface area contributed by atoms with Crippen LogP contribution >= 0.6 is 35.4 Å². The minimum absolute atomic E-state index is 0.0315. The molecule has 2 aliphatic carbocycles. The van der Waals surface area contributed by atoms with E-state index in [1.807, 2.05) is 70.2 Å². The number of urea groups is 1. The molecule has 4 amide bonds. The van der Waals surface area contributed by atoms with Gasteiger partial charge in [0.25, 0.3) is 0 Å². The van der Waals surface area contributed by atoms with Gasteiger partial charge in [-0.1, -0.05) is 106 Å². The molecule has 2 saturated carbocycles. The monoisotopic (exact) mass is 1180 g/mol. The number of benzene rings is 2. The molecule has 448 valence electrons. The van der Waals surface area contributed by atoms with E-state index in [-0.39, 0.29) is 28.7 Å². The number of halogens is 2. The number of carbonyl (C=O) groups is 5. The molecule has 2 aromatic carbocycles. The van der Waals surface area contributed by atoms with Crippen molar-refractivity contribution < 1.29 is 24.0 Å². The van der Waals surface area contributed by atoms with E-state index in [0.717, 1.165) is 119 Å². The summed E-state index contributed by atoms with van der Waals surface area (Å²) in [5.41, 5.74) is 3.48. The van der Waals surface area contributed by atoms with Gasteiger partial charge in [-0.05, 0) is 143 Å².